The molecule has 0 aliphatic carbocycles. The number of rotatable bonds is 8. The molecule has 0 aromatic carbocycles. The van der Waals surface area contributed by atoms with Crippen LogP contribution >= 0.6 is 0 Å². The highest BCUT2D eigenvalue weighted by molar-refractivity contribution is 5.92. The fourth-order valence-corrected chi connectivity index (χ4v) is 2.04. The van der Waals surface area contributed by atoms with Gasteiger partial charge >= 0.3 is 0 Å². The molecule has 1 amide bonds. The van der Waals surface area contributed by atoms with Crippen LogP contribution in [0.1, 0.15) is 37.7 Å². The Morgan fingerprint density at radius 3 is 2.30 bits per heavy atom. The van der Waals surface area contributed by atoms with E-state index in [1.807, 2.05) is 6.92 Å². The van der Waals surface area contributed by atoms with Crippen molar-refractivity contribution in [3.8, 4) is 0 Å². The first-order chi connectivity index (χ1) is 9.62. The molecule has 0 fully saturated rings. The van der Waals surface area contributed by atoms with Crippen molar-refractivity contribution in [1.82, 2.24) is 19.8 Å². The molecule has 1 aromatic heterocycles. The van der Waals surface area contributed by atoms with E-state index in [-0.39, 0.29) is 5.91 Å². The molecule has 1 heterocycles. The first-order valence-electron chi connectivity index (χ1n) is 7.21. The average molecular weight is 279 g/mol. The van der Waals surface area contributed by atoms with Gasteiger partial charge in [0, 0.05) is 13.1 Å². The number of amides is 1. The molecule has 2 N–H and O–H groups in total. The molecule has 6 heteroatoms. The average Bonchev–Trinajstić information content (AvgIpc) is 2.48. The third-order valence-corrected chi connectivity index (χ3v) is 3.36. The van der Waals surface area contributed by atoms with Crippen molar-refractivity contribution in [3.63, 3.8) is 0 Å². The highest BCUT2D eigenvalue weighted by Gasteiger charge is 2.15. The summed E-state index contributed by atoms with van der Waals surface area (Å²) in [5, 5.41) is 0. The maximum absolute atomic E-state index is 12.3. The Kier molecular flexibility index (Phi) is 6.93. The molecule has 0 unspecified atom stereocenters. The quantitative estimate of drug-likeness (QED) is 0.775. The summed E-state index contributed by atoms with van der Waals surface area (Å²) in [6, 6.07) is 0. The Labute approximate surface area is 121 Å². The first-order valence-corrected chi connectivity index (χ1v) is 7.21. The minimum Gasteiger partial charge on any atom is -0.382 e. The number of hydrogen-bond acceptors (Lipinski definition) is 5. The predicted octanol–water partition coefficient (Wildman–Crippen LogP) is 1.25. The van der Waals surface area contributed by atoms with Crippen molar-refractivity contribution in [1.29, 1.82) is 0 Å². The van der Waals surface area contributed by atoms with Crippen molar-refractivity contribution < 1.29 is 4.79 Å². The Morgan fingerprint density at radius 1 is 1.10 bits per heavy atom. The summed E-state index contributed by atoms with van der Waals surface area (Å²) in [6.45, 7) is 10.8. The van der Waals surface area contributed by atoms with E-state index in [1.165, 1.54) is 12.4 Å². The minimum absolute atomic E-state index is 0.0838. The standard InChI is InChI=1S/C14H25N5O/c1-4-18(5-2)8-7-9-19(6-3)14(20)12-10-17-13(15)11-16-12/h10-11H,4-9H2,1-3H3,(H2,15,17). The molecule has 1 rings (SSSR count). The summed E-state index contributed by atoms with van der Waals surface area (Å²) >= 11 is 0. The molecule has 0 saturated heterocycles. The second-order valence-electron chi connectivity index (χ2n) is 4.59. The lowest BCUT2D eigenvalue weighted by Gasteiger charge is -2.23. The maximum Gasteiger partial charge on any atom is 0.274 e. The van der Waals surface area contributed by atoms with Crippen LogP contribution in [-0.2, 0) is 0 Å². The number of nitrogen functional groups attached to an aromatic ring is 1. The Bertz CT molecular complexity index is 403. The molecule has 0 spiro atoms. The third kappa shape index (κ3) is 4.77. The van der Waals surface area contributed by atoms with Crippen LogP contribution in [0, 0.1) is 0 Å². The molecule has 0 aliphatic rings. The second kappa shape index (κ2) is 8.47. The van der Waals surface area contributed by atoms with Gasteiger partial charge in [0.15, 0.2) is 0 Å². The predicted molar refractivity (Wildman–Crippen MR) is 80.4 cm³/mol. The van der Waals surface area contributed by atoms with Gasteiger partial charge < -0.3 is 15.5 Å². The van der Waals surface area contributed by atoms with Crippen LogP contribution in [0.2, 0.25) is 0 Å². The summed E-state index contributed by atoms with van der Waals surface area (Å²) < 4.78 is 0. The van der Waals surface area contributed by atoms with Crippen molar-refractivity contribution in [2.24, 2.45) is 0 Å². The number of hydrogen-bond donors (Lipinski definition) is 1. The topological polar surface area (TPSA) is 75.3 Å². The number of anilines is 1. The van der Waals surface area contributed by atoms with Crippen LogP contribution < -0.4 is 5.73 Å². The smallest absolute Gasteiger partial charge is 0.274 e. The summed E-state index contributed by atoms with van der Waals surface area (Å²) in [5.74, 6) is 0.241. The molecule has 112 valence electrons. The van der Waals surface area contributed by atoms with Gasteiger partial charge in [0.25, 0.3) is 5.91 Å². The molecule has 0 aliphatic heterocycles. The van der Waals surface area contributed by atoms with E-state index >= 15 is 0 Å². The lowest BCUT2D eigenvalue weighted by atomic mass is 10.3. The van der Waals surface area contributed by atoms with Gasteiger partial charge in [0.1, 0.15) is 11.5 Å². The SMILES string of the molecule is CCN(CC)CCCN(CC)C(=O)c1cnc(N)cn1. The van der Waals surface area contributed by atoms with E-state index in [0.29, 0.717) is 18.1 Å². The van der Waals surface area contributed by atoms with Gasteiger partial charge in [-0.15, -0.1) is 0 Å². The molecule has 0 radical (unpaired) electrons. The number of nitrogens with zero attached hydrogens (tertiary/aromatic N) is 4. The van der Waals surface area contributed by atoms with E-state index < -0.39 is 0 Å². The fourth-order valence-electron chi connectivity index (χ4n) is 2.04. The Morgan fingerprint density at radius 2 is 1.80 bits per heavy atom. The van der Waals surface area contributed by atoms with Gasteiger partial charge in [0.2, 0.25) is 0 Å². The number of nitrogens with two attached hydrogens (primary N) is 1. The molecule has 6 nitrogen and oxygen atoms in total. The summed E-state index contributed by atoms with van der Waals surface area (Å²) in [5.41, 5.74) is 5.83. The summed E-state index contributed by atoms with van der Waals surface area (Å²) in [6.07, 6.45) is 3.81. The lowest BCUT2D eigenvalue weighted by Crippen LogP contribution is -2.34. The van der Waals surface area contributed by atoms with Gasteiger partial charge in [0.05, 0.1) is 12.4 Å². The zero-order chi connectivity index (χ0) is 15.0. The third-order valence-electron chi connectivity index (χ3n) is 3.36. The van der Waals surface area contributed by atoms with Crippen LogP contribution in [0.3, 0.4) is 0 Å². The fraction of sp³-hybridized carbons (Fsp3) is 0.643. The van der Waals surface area contributed by atoms with Gasteiger partial charge in [-0.3, -0.25) is 4.79 Å². The van der Waals surface area contributed by atoms with Crippen molar-refractivity contribution >= 4 is 11.7 Å². The molecule has 0 saturated carbocycles. The minimum atomic E-state index is -0.0838. The van der Waals surface area contributed by atoms with Crippen LogP contribution in [0.4, 0.5) is 5.82 Å². The number of carbonyl (C=O) groups is 1. The van der Waals surface area contributed by atoms with Crippen molar-refractivity contribution in [2.75, 3.05) is 38.5 Å². The largest absolute Gasteiger partial charge is 0.382 e. The zero-order valence-electron chi connectivity index (χ0n) is 12.7. The second-order valence-corrected chi connectivity index (χ2v) is 4.59. The number of carbonyl (C=O) groups excluding carboxylic acids is 1. The van der Waals surface area contributed by atoms with Crippen LogP contribution in [0.15, 0.2) is 12.4 Å². The van der Waals surface area contributed by atoms with E-state index in [1.54, 1.807) is 4.90 Å². The number of aromatic nitrogens is 2. The first kappa shape index (κ1) is 16.4. The van der Waals surface area contributed by atoms with Gasteiger partial charge in [-0.1, -0.05) is 13.8 Å². The molecule has 0 atom stereocenters. The molecule has 1 aromatic rings. The van der Waals surface area contributed by atoms with Crippen LogP contribution in [0.25, 0.3) is 0 Å². The van der Waals surface area contributed by atoms with Gasteiger partial charge in [-0.25, -0.2) is 9.97 Å². The Hall–Kier alpha value is -1.69. The van der Waals surface area contributed by atoms with Crippen LogP contribution in [-0.4, -0.2) is 58.4 Å². The van der Waals surface area contributed by atoms with Crippen LogP contribution in [0.5, 0.6) is 0 Å². The molecule has 0 bridgehead atoms. The normalized spacial score (nSPS) is 10.8. The van der Waals surface area contributed by atoms with E-state index in [0.717, 1.165) is 32.6 Å². The van der Waals surface area contributed by atoms with E-state index in [2.05, 4.69) is 28.7 Å². The van der Waals surface area contributed by atoms with E-state index in [9.17, 15) is 4.79 Å². The zero-order valence-corrected chi connectivity index (χ0v) is 12.7. The lowest BCUT2D eigenvalue weighted by molar-refractivity contribution is 0.0751. The summed E-state index contributed by atoms with van der Waals surface area (Å²) in [7, 11) is 0. The molecule has 20 heavy (non-hydrogen) atoms. The summed E-state index contributed by atoms with van der Waals surface area (Å²) in [4.78, 5) is 24.4. The van der Waals surface area contributed by atoms with Gasteiger partial charge in [-0.2, -0.15) is 0 Å². The maximum atomic E-state index is 12.3. The van der Waals surface area contributed by atoms with Crippen molar-refractivity contribution in [3.05, 3.63) is 18.1 Å². The Balaban J connectivity index is 2.53. The highest BCUT2D eigenvalue weighted by atomic mass is 16.2. The van der Waals surface area contributed by atoms with Gasteiger partial charge in [-0.05, 0) is 33.0 Å². The van der Waals surface area contributed by atoms with Crippen molar-refractivity contribution in [2.45, 2.75) is 27.2 Å². The van der Waals surface area contributed by atoms with E-state index in [4.69, 9.17) is 5.73 Å². The highest BCUT2D eigenvalue weighted by Crippen LogP contribution is 2.04. The monoisotopic (exact) mass is 279 g/mol. The molecular formula is C14H25N5O. The molecular weight excluding hydrogens is 254 g/mol.